The number of rotatable bonds is 19. The van der Waals surface area contributed by atoms with Crippen molar-refractivity contribution < 1.29 is 21.6 Å². The molecular weight excluding hydrogens is 386 g/mol. The smallest absolute Gasteiger partial charge is 0.217 e. The van der Waals surface area contributed by atoms with Crippen molar-refractivity contribution in [2.24, 2.45) is 0 Å². The molecule has 0 amide bonds. The first kappa shape index (κ1) is 31.0. The van der Waals surface area contributed by atoms with Crippen LogP contribution >= 0.6 is 0 Å². The Morgan fingerprint density at radius 1 is 0.621 bits per heavy atom. The van der Waals surface area contributed by atoms with Crippen molar-refractivity contribution in [3.63, 3.8) is 0 Å². The van der Waals surface area contributed by atoms with Gasteiger partial charge in [0.2, 0.25) is 10.4 Å². The average molecular weight is 438 g/mol. The Kier molecular flexibility index (Phi) is 22.5. The largest absolute Gasteiger partial charge is 0.726 e. The minimum atomic E-state index is -4.41. The van der Waals surface area contributed by atoms with E-state index in [1.807, 2.05) is 0 Å². The predicted molar refractivity (Wildman–Crippen MR) is 124 cm³/mol. The van der Waals surface area contributed by atoms with Gasteiger partial charge in [0.15, 0.2) is 0 Å². The zero-order chi connectivity index (χ0) is 22.4. The van der Waals surface area contributed by atoms with Crippen LogP contribution < -0.4 is 0 Å². The van der Waals surface area contributed by atoms with Crippen LogP contribution in [0.25, 0.3) is 0 Å². The summed E-state index contributed by atoms with van der Waals surface area (Å²) in [5.74, 6) is 0. The molecule has 0 saturated carbocycles. The maximum Gasteiger partial charge on any atom is 0.217 e. The summed E-state index contributed by atoms with van der Waals surface area (Å²) in [4.78, 5) is 0. The Morgan fingerprint density at radius 2 is 0.862 bits per heavy atom. The SMILES string of the molecule is CCCCCCCCCC[N+](C)(C)CCCCCCCCCC.COS(=O)(=O)[O-]. The molecule has 0 atom stereocenters. The molecule has 0 heterocycles. The normalized spacial score (nSPS) is 11.9. The second-order valence-electron chi connectivity index (χ2n) is 8.91. The molecule has 0 unspecified atom stereocenters. The van der Waals surface area contributed by atoms with Gasteiger partial charge < -0.3 is 9.04 Å². The van der Waals surface area contributed by atoms with Crippen LogP contribution in [0.2, 0.25) is 0 Å². The average Bonchev–Trinajstić information content (AvgIpc) is 2.66. The third kappa shape index (κ3) is 30.1. The van der Waals surface area contributed by atoms with E-state index in [2.05, 4.69) is 32.1 Å². The van der Waals surface area contributed by atoms with Crippen LogP contribution in [0, 0.1) is 0 Å². The van der Waals surface area contributed by atoms with E-state index in [4.69, 9.17) is 0 Å². The van der Waals surface area contributed by atoms with Gasteiger partial charge in [0.1, 0.15) is 0 Å². The molecule has 0 fully saturated rings. The van der Waals surface area contributed by atoms with Gasteiger partial charge in [-0.1, -0.05) is 90.9 Å². The van der Waals surface area contributed by atoms with E-state index in [-0.39, 0.29) is 0 Å². The molecule has 0 aromatic heterocycles. The van der Waals surface area contributed by atoms with Gasteiger partial charge in [-0.2, -0.15) is 0 Å². The van der Waals surface area contributed by atoms with Crippen LogP contribution in [0.1, 0.15) is 117 Å². The van der Waals surface area contributed by atoms with Crippen molar-refractivity contribution in [2.45, 2.75) is 117 Å². The quantitative estimate of drug-likeness (QED) is 0.101. The van der Waals surface area contributed by atoms with Crippen LogP contribution in [0.15, 0.2) is 0 Å². The van der Waals surface area contributed by atoms with Crippen molar-refractivity contribution in [1.29, 1.82) is 0 Å². The molecule has 0 aromatic rings. The number of hydrogen-bond acceptors (Lipinski definition) is 4. The maximum absolute atomic E-state index is 9.22. The molecule has 0 N–H and O–H groups in total. The van der Waals surface area contributed by atoms with Crippen molar-refractivity contribution in [3.8, 4) is 0 Å². The third-order valence-electron chi connectivity index (χ3n) is 5.44. The molecule has 0 saturated heterocycles. The highest BCUT2D eigenvalue weighted by atomic mass is 32.3. The predicted octanol–water partition coefficient (Wildman–Crippen LogP) is 6.44. The summed E-state index contributed by atoms with van der Waals surface area (Å²) in [6, 6.07) is 0. The summed E-state index contributed by atoms with van der Waals surface area (Å²) < 4.78 is 32.3. The van der Waals surface area contributed by atoms with E-state index in [9.17, 15) is 13.0 Å². The summed E-state index contributed by atoms with van der Waals surface area (Å²) in [7, 11) is 1.26. The standard InChI is InChI=1S/C22H48N.CH4O4S/c1-5-7-9-11-13-15-17-19-21-23(3,4)22-20-18-16-14-12-10-8-6-2;1-5-6(2,3)4/h5-22H2,1-4H3;1H3,(H,2,3,4)/q+1;/p-1. The first-order valence-corrected chi connectivity index (χ1v) is 13.3. The van der Waals surface area contributed by atoms with Gasteiger partial charge in [-0.25, -0.2) is 8.42 Å². The lowest BCUT2D eigenvalue weighted by molar-refractivity contribution is -0.890. The summed E-state index contributed by atoms with van der Waals surface area (Å²) in [5.41, 5.74) is 0. The summed E-state index contributed by atoms with van der Waals surface area (Å²) in [6.07, 6.45) is 23.0. The van der Waals surface area contributed by atoms with Crippen molar-refractivity contribution in [3.05, 3.63) is 0 Å². The number of quaternary nitrogens is 1. The zero-order valence-electron chi connectivity index (χ0n) is 20.2. The fourth-order valence-electron chi connectivity index (χ4n) is 3.46. The molecule has 0 aliphatic rings. The summed E-state index contributed by atoms with van der Waals surface area (Å²) in [6.45, 7) is 7.36. The van der Waals surface area contributed by atoms with Crippen molar-refractivity contribution in [2.75, 3.05) is 34.3 Å². The molecule has 0 rings (SSSR count). The highest BCUT2D eigenvalue weighted by Gasteiger charge is 2.13. The number of hydrogen-bond donors (Lipinski definition) is 0. The Balaban J connectivity index is 0. The van der Waals surface area contributed by atoms with E-state index < -0.39 is 10.4 Å². The molecule has 0 spiro atoms. The monoisotopic (exact) mass is 437 g/mol. The van der Waals surface area contributed by atoms with Gasteiger partial charge >= 0.3 is 0 Å². The molecule has 0 aliphatic carbocycles. The lowest BCUT2D eigenvalue weighted by atomic mass is 10.1. The lowest BCUT2D eigenvalue weighted by Crippen LogP contribution is -2.41. The van der Waals surface area contributed by atoms with E-state index in [0.29, 0.717) is 0 Å². The van der Waals surface area contributed by atoms with E-state index in [1.54, 1.807) is 0 Å². The van der Waals surface area contributed by atoms with Crippen molar-refractivity contribution in [1.82, 2.24) is 0 Å². The molecule has 5 nitrogen and oxygen atoms in total. The second kappa shape index (κ2) is 21.1. The lowest BCUT2D eigenvalue weighted by Gasteiger charge is -2.30. The molecule has 0 radical (unpaired) electrons. The molecular formula is C23H51NO4S. The van der Waals surface area contributed by atoms with Gasteiger partial charge in [-0.05, 0) is 25.7 Å². The fourth-order valence-corrected chi connectivity index (χ4v) is 3.46. The van der Waals surface area contributed by atoms with E-state index >= 15 is 0 Å². The zero-order valence-corrected chi connectivity index (χ0v) is 21.0. The van der Waals surface area contributed by atoms with Gasteiger partial charge in [-0.15, -0.1) is 0 Å². The highest BCUT2D eigenvalue weighted by molar-refractivity contribution is 7.80. The molecule has 178 valence electrons. The Hall–Kier alpha value is -0.170. The van der Waals surface area contributed by atoms with Crippen LogP contribution in [0.4, 0.5) is 0 Å². The summed E-state index contributed by atoms with van der Waals surface area (Å²) in [5, 5.41) is 0. The van der Waals surface area contributed by atoms with Crippen LogP contribution in [-0.4, -0.2) is 51.7 Å². The van der Waals surface area contributed by atoms with Crippen LogP contribution in [-0.2, 0) is 14.6 Å². The third-order valence-corrected chi connectivity index (χ3v) is 5.85. The van der Waals surface area contributed by atoms with Crippen LogP contribution in [0.3, 0.4) is 0 Å². The topological polar surface area (TPSA) is 66.4 Å². The first-order valence-electron chi connectivity index (χ1n) is 12.0. The minimum absolute atomic E-state index is 0.808. The summed E-state index contributed by atoms with van der Waals surface area (Å²) >= 11 is 0. The Labute approximate surface area is 183 Å². The van der Waals surface area contributed by atoms with Gasteiger partial charge in [0, 0.05) is 0 Å². The Bertz CT molecular complexity index is 403. The van der Waals surface area contributed by atoms with Crippen LogP contribution in [0.5, 0.6) is 0 Å². The molecule has 0 aliphatic heterocycles. The first-order chi connectivity index (χ1) is 13.7. The molecule has 29 heavy (non-hydrogen) atoms. The maximum atomic E-state index is 9.22. The van der Waals surface area contributed by atoms with Gasteiger partial charge in [-0.3, -0.25) is 4.18 Å². The van der Waals surface area contributed by atoms with Gasteiger partial charge in [0.25, 0.3) is 0 Å². The molecule has 0 bridgehead atoms. The van der Waals surface area contributed by atoms with Gasteiger partial charge in [0.05, 0.1) is 34.3 Å². The number of unbranched alkanes of at least 4 members (excludes halogenated alkanes) is 14. The number of nitrogens with zero attached hydrogens (tertiary/aromatic N) is 1. The van der Waals surface area contributed by atoms with E-state index in [1.165, 1.54) is 120 Å². The second-order valence-corrected chi connectivity index (χ2v) is 10.1. The van der Waals surface area contributed by atoms with E-state index in [0.717, 1.165) is 7.11 Å². The minimum Gasteiger partial charge on any atom is -0.726 e. The Morgan fingerprint density at radius 3 is 1.10 bits per heavy atom. The highest BCUT2D eigenvalue weighted by Crippen LogP contribution is 2.13. The van der Waals surface area contributed by atoms with Crippen molar-refractivity contribution >= 4 is 10.4 Å². The molecule has 0 aromatic carbocycles. The molecule has 6 heteroatoms. The fraction of sp³-hybridized carbons (Fsp3) is 1.00.